The van der Waals surface area contributed by atoms with Gasteiger partial charge in [-0.2, -0.15) is 5.10 Å². The van der Waals surface area contributed by atoms with Gasteiger partial charge in [0.25, 0.3) is 0 Å². The molecule has 2 aromatic rings. The molecule has 2 fully saturated rings. The quantitative estimate of drug-likeness (QED) is 0.778. The average Bonchev–Trinajstić information content (AvgIpc) is 3.12. The largest absolute Gasteiger partial charge is 0.494 e. The molecular formula is C21H32BN3O2. The summed E-state index contributed by atoms with van der Waals surface area (Å²) in [6.07, 6.45) is 4.52. The van der Waals surface area contributed by atoms with E-state index in [1.54, 1.807) is 0 Å². The van der Waals surface area contributed by atoms with Crippen molar-refractivity contribution in [3.05, 3.63) is 24.4 Å². The van der Waals surface area contributed by atoms with Gasteiger partial charge in [-0.05, 0) is 65.9 Å². The molecular weight excluding hydrogens is 337 g/mol. The highest BCUT2D eigenvalue weighted by atomic mass is 16.7. The maximum absolute atomic E-state index is 6.20. The summed E-state index contributed by atoms with van der Waals surface area (Å²) >= 11 is 0. The lowest BCUT2D eigenvalue weighted by Crippen LogP contribution is -2.41. The highest BCUT2D eigenvalue weighted by Crippen LogP contribution is 2.36. The second-order valence-electron chi connectivity index (χ2n) is 9.38. The van der Waals surface area contributed by atoms with E-state index in [9.17, 15) is 0 Å². The minimum Gasteiger partial charge on any atom is -0.399 e. The molecule has 2 aliphatic heterocycles. The smallest absolute Gasteiger partial charge is 0.399 e. The van der Waals surface area contributed by atoms with Crippen LogP contribution in [0.2, 0.25) is 0 Å². The molecule has 5 nitrogen and oxygen atoms in total. The Balaban J connectivity index is 1.53. The van der Waals surface area contributed by atoms with Crippen LogP contribution in [0.25, 0.3) is 10.9 Å². The number of piperidine rings is 1. The van der Waals surface area contributed by atoms with Crippen molar-refractivity contribution in [3.63, 3.8) is 0 Å². The lowest BCUT2D eigenvalue weighted by Gasteiger charge is -2.34. The van der Waals surface area contributed by atoms with Gasteiger partial charge < -0.3 is 14.2 Å². The van der Waals surface area contributed by atoms with Gasteiger partial charge >= 0.3 is 7.12 Å². The van der Waals surface area contributed by atoms with Gasteiger partial charge in [0.15, 0.2) is 0 Å². The highest BCUT2D eigenvalue weighted by molar-refractivity contribution is 6.62. The number of benzene rings is 1. The molecule has 2 aliphatic rings. The van der Waals surface area contributed by atoms with Gasteiger partial charge in [-0.25, -0.2) is 0 Å². The van der Waals surface area contributed by atoms with E-state index in [0.717, 1.165) is 42.3 Å². The lowest BCUT2D eigenvalue weighted by atomic mass is 9.79. The van der Waals surface area contributed by atoms with Crippen molar-refractivity contribution in [2.75, 3.05) is 13.1 Å². The van der Waals surface area contributed by atoms with Crippen LogP contribution >= 0.6 is 0 Å². The summed E-state index contributed by atoms with van der Waals surface area (Å²) in [4.78, 5) is 2.55. The van der Waals surface area contributed by atoms with E-state index in [-0.39, 0.29) is 18.3 Å². The van der Waals surface area contributed by atoms with Crippen LogP contribution in [-0.2, 0) is 9.31 Å². The summed E-state index contributed by atoms with van der Waals surface area (Å²) in [6.45, 7) is 15.2. The molecule has 0 N–H and O–H groups in total. The van der Waals surface area contributed by atoms with Crippen molar-refractivity contribution in [2.24, 2.45) is 0 Å². The maximum atomic E-state index is 6.20. The molecule has 1 aromatic heterocycles. The zero-order chi connectivity index (χ0) is 19.4. The zero-order valence-electron chi connectivity index (χ0n) is 17.5. The van der Waals surface area contributed by atoms with Gasteiger partial charge in [0, 0.05) is 30.7 Å². The molecule has 146 valence electrons. The molecule has 0 bridgehead atoms. The molecule has 3 heterocycles. The van der Waals surface area contributed by atoms with Gasteiger partial charge in [0.2, 0.25) is 0 Å². The first kappa shape index (κ1) is 19.0. The number of hydrogen-bond acceptors (Lipinski definition) is 4. The Hall–Kier alpha value is -1.37. The first-order chi connectivity index (χ1) is 12.7. The second-order valence-corrected chi connectivity index (χ2v) is 9.38. The summed E-state index contributed by atoms with van der Waals surface area (Å²) in [5.74, 6) is 0. The number of likely N-dealkylation sites (tertiary alicyclic amines) is 1. The monoisotopic (exact) mass is 369 g/mol. The third-order valence-electron chi connectivity index (χ3n) is 6.68. The molecule has 6 heteroatoms. The highest BCUT2D eigenvalue weighted by Gasteiger charge is 2.51. The van der Waals surface area contributed by atoms with Gasteiger partial charge in [-0.1, -0.05) is 12.1 Å². The van der Waals surface area contributed by atoms with E-state index in [2.05, 4.69) is 75.5 Å². The Morgan fingerprint density at radius 3 is 2.30 bits per heavy atom. The van der Waals surface area contributed by atoms with Crippen LogP contribution in [0, 0.1) is 0 Å². The number of nitrogens with zero attached hydrogens (tertiary/aromatic N) is 3. The Morgan fingerprint density at radius 2 is 1.70 bits per heavy atom. The number of aromatic nitrogens is 2. The minimum atomic E-state index is -0.322. The van der Waals surface area contributed by atoms with Gasteiger partial charge in [0.05, 0.1) is 22.8 Å². The van der Waals surface area contributed by atoms with Crippen LogP contribution in [0.1, 0.15) is 60.4 Å². The third-order valence-corrected chi connectivity index (χ3v) is 6.68. The van der Waals surface area contributed by atoms with Crippen molar-refractivity contribution in [2.45, 2.75) is 77.7 Å². The average molecular weight is 369 g/mol. The molecule has 27 heavy (non-hydrogen) atoms. The maximum Gasteiger partial charge on any atom is 0.494 e. The van der Waals surface area contributed by atoms with Crippen LogP contribution in [0.3, 0.4) is 0 Å². The van der Waals surface area contributed by atoms with Crippen molar-refractivity contribution >= 4 is 23.5 Å². The summed E-state index contributed by atoms with van der Waals surface area (Å²) in [5.41, 5.74) is 1.47. The van der Waals surface area contributed by atoms with Gasteiger partial charge in [0.1, 0.15) is 0 Å². The Morgan fingerprint density at radius 1 is 1.07 bits per heavy atom. The molecule has 0 spiro atoms. The van der Waals surface area contributed by atoms with Crippen LogP contribution in [0.5, 0.6) is 0 Å². The van der Waals surface area contributed by atoms with Crippen LogP contribution in [0.15, 0.2) is 24.4 Å². The second kappa shape index (κ2) is 6.61. The summed E-state index contributed by atoms with van der Waals surface area (Å²) < 4.78 is 14.6. The van der Waals surface area contributed by atoms with E-state index < -0.39 is 0 Å². The summed E-state index contributed by atoms with van der Waals surface area (Å²) in [7, 11) is -0.322. The van der Waals surface area contributed by atoms with E-state index in [1.807, 2.05) is 0 Å². The third kappa shape index (κ3) is 3.43. The Bertz CT molecular complexity index is 806. The molecule has 0 saturated carbocycles. The molecule has 0 unspecified atom stereocenters. The van der Waals surface area contributed by atoms with Crippen molar-refractivity contribution < 1.29 is 9.31 Å². The van der Waals surface area contributed by atoms with Crippen molar-refractivity contribution in [1.82, 2.24) is 14.7 Å². The fourth-order valence-electron chi connectivity index (χ4n) is 4.04. The van der Waals surface area contributed by atoms with Gasteiger partial charge in [-0.3, -0.25) is 4.68 Å². The molecule has 0 atom stereocenters. The van der Waals surface area contributed by atoms with Crippen molar-refractivity contribution in [1.29, 1.82) is 0 Å². The van der Waals surface area contributed by atoms with Crippen molar-refractivity contribution in [3.8, 4) is 0 Å². The molecule has 1 aromatic carbocycles. The van der Waals surface area contributed by atoms with E-state index in [0.29, 0.717) is 12.1 Å². The van der Waals surface area contributed by atoms with E-state index >= 15 is 0 Å². The topological polar surface area (TPSA) is 39.5 Å². The SMILES string of the molecule is CC(C)N1CCC(n2cc3cc(B4OC(C)(C)C(C)(C)O4)ccc3n2)CC1. The first-order valence-corrected chi connectivity index (χ1v) is 10.2. The normalized spacial score (nSPS) is 23.6. The van der Waals surface area contributed by atoms with Crippen LogP contribution < -0.4 is 5.46 Å². The van der Waals surface area contributed by atoms with E-state index in [1.165, 1.54) is 0 Å². The number of fused-ring (bicyclic) bond motifs is 1. The predicted molar refractivity (Wildman–Crippen MR) is 110 cm³/mol. The lowest BCUT2D eigenvalue weighted by molar-refractivity contribution is 0.00578. The number of rotatable bonds is 3. The molecule has 0 radical (unpaired) electrons. The fraction of sp³-hybridized carbons (Fsp3) is 0.667. The first-order valence-electron chi connectivity index (χ1n) is 10.2. The van der Waals surface area contributed by atoms with Crippen LogP contribution in [0.4, 0.5) is 0 Å². The predicted octanol–water partition coefficient (Wildman–Crippen LogP) is 3.38. The van der Waals surface area contributed by atoms with E-state index in [4.69, 9.17) is 14.4 Å². The van der Waals surface area contributed by atoms with Gasteiger partial charge in [-0.15, -0.1) is 0 Å². The van der Waals surface area contributed by atoms with Crippen LogP contribution in [-0.4, -0.2) is 52.1 Å². The summed E-state index contributed by atoms with van der Waals surface area (Å²) in [6, 6.07) is 7.47. The fourth-order valence-corrected chi connectivity index (χ4v) is 4.04. The Labute approximate surface area is 163 Å². The molecule has 2 saturated heterocycles. The summed E-state index contributed by atoms with van der Waals surface area (Å²) in [5, 5.41) is 6.01. The standard InChI is InChI=1S/C21H32BN3O2/c1-15(2)24-11-9-18(10-12-24)25-14-16-13-17(7-8-19(16)23-25)22-26-20(3,4)21(5,6)27-22/h7-8,13-15,18H,9-12H2,1-6H3. The molecule has 4 rings (SSSR count). The Kier molecular flexibility index (Phi) is 4.64. The molecule has 0 aliphatic carbocycles. The zero-order valence-corrected chi connectivity index (χ0v) is 17.5. The number of hydrogen-bond donors (Lipinski definition) is 0. The molecule has 0 amide bonds. The minimum absolute atomic E-state index is 0.318.